The van der Waals surface area contributed by atoms with Crippen LogP contribution in [0.5, 0.6) is 0 Å². The first kappa shape index (κ1) is 9.23. The van der Waals surface area contributed by atoms with Crippen LogP contribution in [0.3, 0.4) is 0 Å². The number of hydrogen-bond donors (Lipinski definition) is 1. The quantitative estimate of drug-likeness (QED) is 0.694. The minimum absolute atomic E-state index is 0.475. The number of nitrogens with zero attached hydrogens (tertiary/aromatic N) is 3. The summed E-state index contributed by atoms with van der Waals surface area (Å²) >= 11 is 1.36. The van der Waals surface area contributed by atoms with Crippen molar-refractivity contribution >= 4 is 27.4 Å². The Kier molecular flexibility index (Phi) is 2.04. The molecule has 16 heavy (non-hydrogen) atoms. The van der Waals surface area contributed by atoms with Crippen molar-refractivity contribution in [1.82, 2.24) is 15.2 Å². The van der Waals surface area contributed by atoms with Crippen molar-refractivity contribution in [3.63, 3.8) is 0 Å². The first-order valence-corrected chi connectivity index (χ1v) is 5.59. The number of anilines is 1. The van der Waals surface area contributed by atoms with E-state index in [0.29, 0.717) is 5.13 Å². The van der Waals surface area contributed by atoms with Crippen LogP contribution in [0.2, 0.25) is 0 Å². The molecule has 0 spiro atoms. The summed E-state index contributed by atoms with van der Waals surface area (Å²) in [5.41, 5.74) is 7.48. The summed E-state index contributed by atoms with van der Waals surface area (Å²) in [6.45, 7) is 0. The molecule has 0 fully saturated rings. The lowest BCUT2D eigenvalue weighted by atomic mass is 10.2. The molecular formula is C11H8N4S. The van der Waals surface area contributed by atoms with Gasteiger partial charge in [0.1, 0.15) is 0 Å². The highest BCUT2D eigenvalue weighted by molar-refractivity contribution is 7.18. The van der Waals surface area contributed by atoms with Crippen molar-refractivity contribution in [2.75, 3.05) is 5.73 Å². The van der Waals surface area contributed by atoms with Gasteiger partial charge in [-0.3, -0.25) is 4.98 Å². The highest BCUT2D eigenvalue weighted by Crippen LogP contribution is 2.26. The second-order valence-electron chi connectivity index (χ2n) is 3.36. The minimum atomic E-state index is 0.475. The van der Waals surface area contributed by atoms with E-state index in [0.717, 1.165) is 21.5 Å². The molecule has 0 aliphatic heterocycles. The summed E-state index contributed by atoms with van der Waals surface area (Å²) in [7, 11) is 0. The molecule has 0 atom stereocenters. The van der Waals surface area contributed by atoms with Crippen molar-refractivity contribution in [2.45, 2.75) is 0 Å². The Morgan fingerprint density at radius 1 is 1.12 bits per heavy atom. The third-order valence-corrected chi connectivity index (χ3v) is 3.08. The molecule has 0 saturated heterocycles. The topological polar surface area (TPSA) is 64.7 Å². The van der Waals surface area contributed by atoms with E-state index in [1.54, 1.807) is 6.20 Å². The highest BCUT2D eigenvalue weighted by atomic mass is 32.1. The zero-order valence-corrected chi connectivity index (χ0v) is 9.11. The first-order valence-electron chi connectivity index (χ1n) is 4.77. The third kappa shape index (κ3) is 1.51. The van der Waals surface area contributed by atoms with Gasteiger partial charge in [0, 0.05) is 17.1 Å². The lowest BCUT2D eigenvalue weighted by Crippen LogP contribution is -1.82. The maximum Gasteiger partial charge on any atom is 0.203 e. The van der Waals surface area contributed by atoms with E-state index in [4.69, 9.17) is 5.73 Å². The van der Waals surface area contributed by atoms with Crippen LogP contribution in [0.1, 0.15) is 0 Å². The van der Waals surface area contributed by atoms with Crippen LogP contribution in [0.4, 0.5) is 5.13 Å². The standard InChI is InChI=1S/C11H8N4S/c12-11-15-14-10(16-11)8-5-7-3-1-2-4-9(7)13-6-8/h1-6H,(H2,12,15). The summed E-state index contributed by atoms with van der Waals surface area (Å²) < 4.78 is 0. The highest BCUT2D eigenvalue weighted by Gasteiger charge is 2.05. The fourth-order valence-corrected chi connectivity index (χ4v) is 2.13. The van der Waals surface area contributed by atoms with Gasteiger partial charge in [0.15, 0.2) is 5.01 Å². The van der Waals surface area contributed by atoms with Gasteiger partial charge in [-0.1, -0.05) is 29.5 Å². The maximum atomic E-state index is 5.55. The van der Waals surface area contributed by atoms with Crippen LogP contribution in [-0.2, 0) is 0 Å². The molecule has 5 heteroatoms. The van der Waals surface area contributed by atoms with Crippen molar-refractivity contribution in [2.24, 2.45) is 0 Å². The van der Waals surface area contributed by atoms with Crippen LogP contribution in [-0.4, -0.2) is 15.2 Å². The normalized spacial score (nSPS) is 10.8. The van der Waals surface area contributed by atoms with Crippen LogP contribution >= 0.6 is 11.3 Å². The number of aromatic nitrogens is 3. The molecule has 0 bridgehead atoms. The molecule has 0 saturated carbocycles. The SMILES string of the molecule is Nc1nnc(-c2cnc3ccccc3c2)s1. The van der Waals surface area contributed by atoms with E-state index < -0.39 is 0 Å². The predicted octanol–water partition coefficient (Wildman–Crippen LogP) is 2.34. The van der Waals surface area contributed by atoms with Crippen molar-refractivity contribution in [3.05, 3.63) is 36.5 Å². The summed E-state index contributed by atoms with van der Waals surface area (Å²) in [6, 6.07) is 10.0. The van der Waals surface area contributed by atoms with Gasteiger partial charge in [0.2, 0.25) is 5.13 Å². The zero-order valence-electron chi connectivity index (χ0n) is 8.29. The Morgan fingerprint density at radius 3 is 2.81 bits per heavy atom. The van der Waals surface area contributed by atoms with Crippen LogP contribution in [0.15, 0.2) is 36.5 Å². The third-order valence-electron chi connectivity index (χ3n) is 2.28. The maximum absolute atomic E-state index is 5.55. The van der Waals surface area contributed by atoms with Gasteiger partial charge in [0.05, 0.1) is 5.52 Å². The summed E-state index contributed by atoms with van der Waals surface area (Å²) in [5.74, 6) is 0. The number of nitrogen functional groups attached to an aromatic ring is 1. The van der Waals surface area contributed by atoms with E-state index in [9.17, 15) is 0 Å². The Labute approximate surface area is 95.8 Å². The Morgan fingerprint density at radius 2 is 2.00 bits per heavy atom. The first-order chi connectivity index (χ1) is 7.83. The molecule has 2 aromatic heterocycles. The van der Waals surface area contributed by atoms with E-state index in [1.165, 1.54) is 11.3 Å². The monoisotopic (exact) mass is 228 g/mol. The average molecular weight is 228 g/mol. The van der Waals surface area contributed by atoms with Gasteiger partial charge in [0.25, 0.3) is 0 Å². The molecule has 2 N–H and O–H groups in total. The molecule has 78 valence electrons. The van der Waals surface area contributed by atoms with E-state index in [-0.39, 0.29) is 0 Å². The fraction of sp³-hybridized carbons (Fsp3) is 0. The number of benzene rings is 1. The molecule has 0 radical (unpaired) electrons. The predicted molar refractivity (Wildman–Crippen MR) is 65.1 cm³/mol. The minimum Gasteiger partial charge on any atom is -0.374 e. The van der Waals surface area contributed by atoms with Gasteiger partial charge in [-0.15, -0.1) is 10.2 Å². The van der Waals surface area contributed by atoms with Gasteiger partial charge in [-0.05, 0) is 12.1 Å². The van der Waals surface area contributed by atoms with Gasteiger partial charge >= 0.3 is 0 Å². The van der Waals surface area contributed by atoms with Gasteiger partial charge in [-0.2, -0.15) is 0 Å². The molecule has 0 amide bonds. The Bertz CT molecular complexity index is 647. The molecule has 3 aromatic rings. The number of pyridine rings is 1. The zero-order chi connectivity index (χ0) is 11.0. The number of fused-ring (bicyclic) bond motifs is 1. The molecule has 0 aliphatic carbocycles. The molecule has 0 unspecified atom stereocenters. The molecule has 0 aliphatic rings. The van der Waals surface area contributed by atoms with Crippen molar-refractivity contribution in [1.29, 1.82) is 0 Å². The largest absolute Gasteiger partial charge is 0.374 e. The van der Waals surface area contributed by atoms with E-state index in [2.05, 4.69) is 15.2 Å². The smallest absolute Gasteiger partial charge is 0.203 e. The molecule has 4 nitrogen and oxygen atoms in total. The summed E-state index contributed by atoms with van der Waals surface area (Å²) in [6.07, 6.45) is 1.79. The van der Waals surface area contributed by atoms with Gasteiger partial charge < -0.3 is 5.73 Å². The fourth-order valence-electron chi connectivity index (χ4n) is 1.54. The second kappa shape index (κ2) is 3.53. The van der Waals surface area contributed by atoms with Crippen LogP contribution < -0.4 is 5.73 Å². The van der Waals surface area contributed by atoms with Crippen LogP contribution in [0.25, 0.3) is 21.5 Å². The summed E-state index contributed by atoms with van der Waals surface area (Å²) in [5, 5.41) is 10.2. The van der Waals surface area contributed by atoms with E-state index in [1.807, 2.05) is 30.3 Å². The average Bonchev–Trinajstić information content (AvgIpc) is 2.75. The number of nitrogens with two attached hydrogens (primary N) is 1. The molecule has 3 rings (SSSR count). The van der Waals surface area contributed by atoms with Crippen molar-refractivity contribution < 1.29 is 0 Å². The number of rotatable bonds is 1. The van der Waals surface area contributed by atoms with Gasteiger partial charge in [-0.25, -0.2) is 0 Å². The lowest BCUT2D eigenvalue weighted by Gasteiger charge is -1.98. The van der Waals surface area contributed by atoms with Crippen molar-refractivity contribution in [3.8, 4) is 10.6 Å². The lowest BCUT2D eigenvalue weighted by molar-refractivity contribution is 1.10. The second-order valence-corrected chi connectivity index (χ2v) is 4.37. The Balaban J connectivity index is 2.18. The summed E-state index contributed by atoms with van der Waals surface area (Å²) in [4.78, 5) is 4.36. The van der Waals surface area contributed by atoms with E-state index >= 15 is 0 Å². The van der Waals surface area contributed by atoms with Crippen LogP contribution in [0, 0.1) is 0 Å². The molecule has 1 aromatic carbocycles. The number of hydrogen-bond acceptors (Lipinski definition) is 5. The number of para-hydroxylation sites is 1. The molecular weight excluding hydrogens is 220 g/mol. The molecule has 2 heterocycles. The Hall–Kier alpha value is -2.01.